The lowest BCUT2D eigenvalue weighted by Gasteiger charge is -2.32. The fourth-order valence-corrected chi connectivity index (χ4v) is 4.41. The number of methoxy groups -OCH3 is 2. The third-order valence-corrected chi connectivity index (χ3v) is 6.62. The van der Waals surface area contributed by atoms with Crippen molar-refractivity contribution in [3.05, 3.63) is 89.0 Å². The number of carbonyl (C=O) groups excluding carboxylic acids is 1. The first kappa shape index (κ1) is 29.9. The van der Waals surface area contributed by atoms with Gasteiger partial charge in [0, 0.05) is 29.4 Å². The number of anilines is 1. The van der Waals surface area contributed by atoms with Crippen molar-refractivity contribution in [2.24, 2.45) is 0 Å². The van der Waals surface area contributed by atoms with Gasteiger partial charge in [-0.3, -0.25) is 4.79 Å². The number of benzene rings is 3. The van der Waals surface area contributed by atoms with Gasteiger partial charge in [-0.25, -0.2) is 0 Å². The van der Waals surface area contributed by atoms with Crippen molar-refractivity contribution in [1.82, 2.24) is 9.80 Å². The molecule has 0 fully saturated rings. The lowest BCUT2D eigenvalue weighted by atomic mass is 9.92. The van der Waals surface area contributed by atoms with E-state index in [1.807, 2.05) is 60.7 Å². The third kappa shape index (κ3) is 8.94. The molecule has 1 heterocycles. The number of halogens is 1. The Bertz CT molecular complexity index is 1190. The van der Waals surface area contributed by atoms with Crippen LogP contribution < -0.4 is 19.9 Å². The van der Waals surface area contributed by atoms with Crippen LogP contribution in [0.25, 0.3) is 5.57 Å². The average molecular weight is 552 g/mol. The van der Waals surface area contributed by atoms with E-state index in [2.05, 4.69) is 25.1 Å². The molecule has 0 aliphatic carbocycles. The number of amides is 1. The molecule has 7 nitrogen and oxygen atoms in total. The molecule has 0 saturated heterocycles. The first-order valence-corrected chi connectivity index (χ1v) is 13.2. The van der Waals surface area contributed by atoms with Gasteiger partial charge in [0.1, 0.15) is 17.2 Å². The predicted octanol–water partition coefficient (Wildman–Crippen LogP) is 5.94. The Balaban J connectivity index is 0.000000353. The summed E-state index contributed by atoms with van der Waals surface area (Å²) < 4.78 is 15.7. The van der Waals surface area contributed by atoms with Gasteiger partial charge in [-0.1, -0.05) is 29.8 Å². The van der Waals surface area contributed by atoms with Crippen molar-refractivity contribution >= 4 is 29.3 Å². The van der Waals surface area contributed by atoms with Gasteiger partial charge in [0.2, 0.25) is 6.41 Å². The molecular formula is C31H38ClN3O4. The summed E-state index contributed by atoms with van der Waals surface area (Å²) in [6.45, 7) is 2.31. The molecule has 2 N–H and O–H groups in total. The summed E-state index contributed by atoms with van der Waals surface area (Å²) in [5.41, 5.74) is 9.95. The Labute approximate surface area is 236 Å². The van der Waals surface area contributed by atoms with Gasteiger partial charge in [-0.05, 0) is 92.7 Å². The van der Waals surface area contributed by atoms with Crippen LogP contribution >= 0.6 is 11.6 Å². The SMILES string of the molecule is CN(C)CCCOc1ccc(C2C=C(c3cc(Cl)ccc3N)CCN2C=O)cc1.COc1ccc(OC)cc1. The predicted molar refractivity (Wildman–Crippen MR) is 159 cm³/mol. The second-order valence-corrected chi connectivity index (χ2v) is 9.85. The van der Waals surface area contributed by atoms with Crippen LogP contribution in [0.15, 0.2) is 72.8 Å². The zero-order chi connectivity index (χ0) is 28.2. The minimum atomic E-state index is -0.141. The Morgan fingerprint density at radius 1 is 0.974 bits per heavy atom. The molecule has 3 aromatic carbocycles. The summed E-state index contributed by atoms with van der Waals surface area (Å²) in [4.78, 5) is 15.6. The van der Waals surface area contributed by atoms with Crippen molar-refractivity contribution < 1.29 is 19.0 Å². The van der Waals surface area contributed by atoms with Crippen LogP contribution in [0.5, 0.6) is 17.2 Å². The van der Waals surface area contributed by atoms with Gasteiger partial charge in [0.15, 0.2) is 0 Å². The van der Waals surface area contributed by atoms with Crippen LogP contribution in [-0.4, -0.2) is 64.2 Å². The minimum absolute atomic E-state index is 0.141. The van der Waals surface area contributed by atoms with Crippen LogP contribution in [-0.2, 0) is 4.79 Å². The minimum Gasteiger partial charge on any atom is -0.497 e. The number of nitrogen functional groups attached to an aromatic ring is 1. The molecule has 1 unspecified atom stereocenters. The van der Waals surface area contributed by atoms with Gasteiger partial charge >= 0.3 is 0 Å². The molecule has 39 heavy (non-hydrogen) atoms. The summed E-state index contributed by atoms with van der Waals surface area (Å²) in [6, 6.07) is 20.8. The summed E-state index contributed by atoms with van der Waals surface area (Å²) in [5, 5.41) is 0.653. The largest absolute Gasteiger partial charge is 0.497 e. The smallest absolute Gasteiger partial charge is 0.210 e. The van der Waals surface area contributed by atoms with Gasteiger partial charge in [0.05, 0.1) is 26.9 Å². The molecular weight excluding hydrogens is 514 g/mol. The zero-order valence-electron chi connectivity index (χ0n) is 23.1. The summed E-state index contributed by atoms with van der Waals surface area (Å²) in [7, 11) is 7.39. The van der Waals surface area contributed by atoms with E-state index in [-0.39, 0.29) is 6.04 Å². The van der Waals surface area contributed by atoms with E-state index < -0.39 is 0 Å². The summed E-state index contributed by atoms with van der Waals surface area (Å²) in [5.74, 6) is 2.53. The van der Waals surface area contributed by atoms with E-state index in [1.165, 1.54) is 0 Å². The number of ether oxygens (including phenoxy) is 3. The first-order chi connectivity index (χ1) is 18.8. The molecule has 0 bridgehead atoms. The maximum absolute atomic E-state index is 11.6. The maximum Gasteiger partial charge on any atom is 0.210 e. The number of nitrogens with two attached hydrogens (primary N) is 1. The number of nitrogens with zero attached hydrogens (tertiary/aromatic N) is 2. The van der Waals surface area contributed by atoms with Crippen LogP contribution in [0.3, 0.4) is 0 Å². The maximum atomic E-state index is 11.6. The molecule has 1 amide bonds. The molecule has 0 aromatic heterocycles. The number of rotatable bonds is 10. The molecule has 1 aliphatic heterocycles. The fraction of sp³-hybridized carbons (Fsp3) is 0.323. The van der Waals surface area contributed by atoms with Crippen LogP contribution in [0.1, 0.15) is 30.0 Å². The van der Waals surface area contributed by atoms with E-state index in [4.69, 9.17) is 31.5 Å². The number of hydrogen-bond donors (Lipinski definition) is 1. The molecule has 4 rings (SSSR count). The van der Waals surface area contributed by atoms with Crippen molar-refractivity contribution in [3.8, 4) is 17.2 Å². The van der Waals surface area contributed by atoms with Crippen LogP contribution in [0, 0.1) is 0 Å². The van der Waals surface area contributed by atoms with E-state index in [1.54, 1.807) is 25.2 Å². The van der Waals surface area contributed by atoms with Gasteiger partial charge in [-0.2, -0.15) is 0 Å². The molecule has 0 saturated carbocycles. The topological polar surface area (TPSA) is 77.3 Å². The molecule has 0 spiro atoms. The lowest BCUT2D eigenvalue weighted by Crippen LogP contribution is -2.30. The zero-order valence-corrected chi connectivity index (χ0v) is 23.9. The number of carbonyl (C=O) groups is 1. The van der Waals surface area contributed by atoms with E-state index in [9.17, 15) is 4.79 Å². The molecule has 1 aliphatic rings. The molecule has 208 valence electrons. The average Bonchev–Trinajstić information content (AvgIpc) is 2.97. The highest BCUT2D eigenvalue weighted by Crippen LogP contribution is 2.36. The lowest BCUT2D eigenvalue weighted by molar-refractivity contribution is -0.119. The van der Waals surface area contributed by atoms with Gasteiger partial charge in [0.25, 0.3) is 0 Å². The van der Waals surface area contributed by atoms with Gasteiger partial charge in [-0.15, -0.1) is 0 Å². The van der Waals surface area contributed by atoms with Crippen molar-refractivity contribution in [1.29, 1.82) is 0 Å². The second kappa shape index (κ2) is 15.0. The fourth-order valence-electron chi connectivity index (χ4n) is 4.24. The van der Waals surface area contributed by atoms with E-state index in [0.717, 1.165) is 59.7 Å². The third-order valence-electron chi connectivity index (χ3n) is 6.39. The highest BCUT2D eigenvalue weighted by Gasteiger charge is 2.24. The van der Waals surface area contributed by atoms with E-state index in [0.29, 0.717) is 23.9 Å². The Kier molecular flexibility index (Phi) is 11.5. The quantitative estimate of drug-likeness (QED) is 0.191. The van der Waals surface area contributed by atoms with Crippen LogP contribution in [0.4, 0.5) is 5.69 Å². The molecule has 1 atom stereocenters. The standard InChI is InChI=1S/C23H28ClN3O2.C8H10O2/c1-26(2)11-3-13-29-20-7-4-17(5-8-20)23-14-18(10-12-27(23)16-28)21-15-19(24)6-9-22(21)25;1-9-7-3-5-8(10-2)6-4-7/h4-9,14-16,23H,3,10-13,25H2,1-2H3;3-6H,1-2H3. The summed E-state index contributed by atoms with van der Waals surface area (Å²) in [6.07, 6.45) is 4.73. The Morgan fingerprint density at radius 3 is 2.15 bits per heavy atom. The van der Waals surface area contributed by atoms with Crippen molar-refractivity contribution in [2.75, 3.05) is 53.7 Å². The van der Waals surface area contributed by atoms with Gasteiger partial charge < -0.3 is 29.7 Å². The Morgan fingerprint density at radius 2 is 1.59 bits per heavy atom. The van der Waals surface area contributed by atoms with Crippen molar-refractivity contribution in [3.63, 3.8) is 0 Å². The first-order valence-electron chi connectivity index (χ1n) is 12.9. The van der Waals surface area contributed by atoms with E-state index >= 15 is 0 Å². The van der Waals surface area contributed by atoms with Crippen molar-refractivity contribution in [2.45, 2.75) is 18.9 Å². The molecule has 3 aromatic rings. The highest BCUT2D eigenvalue weighted by atomic mass is 35.5. The Hall–Kier alpha value is -3.68. The molecule has 0 radical (unpaired) electrons. The normalized spacial score (nSPS) is 14.7. The monoisotopic (exact) mass is 551 g/mol. The summed E-state index contributed by atoms with van der Waals surface area (Å²) >= 11 is 6.17. The number of hydrogen-bond acceptors (Lipinski definition) is 6. The molecule has 8 heteroatoms. The highest BCUT2D eigenvalue weighted by molar-refractivity contribution is 6.30. The van der Waals surface area contributed by atoms with Crippen LogP contribution in [0.2, 0.25) is 5.02 Å². The second-order valence-electron chi connectivity index (χ2n) is 9.42.